The maximum Gasteiger partial charge on any atom is 0.266 e. The van der Waals surface area contributed by atoms with Gasteiger partial charge in [0.25, 0.3) is 5.91 Å². The third-order valence-corrected chi connectivity index (χ3v) is 5.06. The average Bonchev–Trinajstić information content (AvgIpc) is 2.56. The van der Waals surface area contributed by atoms with Crippen molar-refractivity contribution in [1.82, 2.24) is 4.90 Å². The molecule has 1 atom stereocenters. The smallest absolute Gasteiger partial charge is 0.266 e. The number of nitrogens with zero attached hydrogens (tertiary/aromatic N) is 1. The van der Waals surface area contributed by atoms with Gasteiger partial charge in [-0.15, -0.1) is 0 Å². The minimum absolute atomic E-state index is 0.142. The van der Waals surface area contributed by atoms with Gasteiger partial charge in [-0.25, -0.2) is 0 Å². The Morgan fingerprint density at radius 3 is 2.39 bits per heavy atom. The van der Waals surface area contributed by atoms with E-state index in [1.807, 2.05) is 24.0 Å². The number of ether oxygens (including phenoxy) is 1. The van der Waals surface area contributed by atoms with E-state index >= 15 is 0 Å². The molecular formula is C19H28ClNO2. The van der Waals surface area contributed by atoms with E-state index in [1.54, 1.807) is 12.1 Å². The zero-order valence-corrected chi connectivity index (χ0v) is 15.2. The molecular weight excluding hydrogens is 310 g/mol. The maximum atomic E-state index is 13.2. The number of benzene rings is 1. The van der Waals surface area contributed by atoms with E-state index in [2.05, 4.69) is 13.8 Å². The molecule has 0 spiro atoms. The number of amides is 1. The third kappa shape index (κ3) is 4.41. The van der Waals surface area contributed by atoms with Gasteiger partial charge >= 0.3 is 0 Å². The van der Waals surface area contributed by atoms with Crippen LogP contribution in [0.4, 0.5) is 0 Å². The van der Waals surface area contributed by atoms with Crippen LogP contribution in [0.5, 0.6) is 5.75 Å². The lowest BCUT2D eigenvalue weighted by Crippen LogP contribution is -2.54. The van der Waals surface area contributed by atoms with Crippen LogP contribution < -0.4 is 4.74 Å². The van der Waals surface area contributed by atoms with Gasteiger partial charge in [0, 0.05) is 18.1 Å². The average molecular weight is 338 g/mol. The highest BCUT2D eigenvalue weighted by Crippen LogP contribution is 2.30. The summed E-state index contributed by atoms with van der Waals surface area (Å²) in [5.41, 5.74) is -0.761. The highest BCUT2D eigenvalue weighted by Gasteiger charge is 2.42. The molecule has 1 saturated heterocycles. The Balaban J connectivity index is 2.19. The molecule has 0 radical (unpaired) electrons. The summed E-state index contributed by atoms with van der Waals surface area (Å²) in [6, 6.07) is 7.29. The minimum Gasteiger partial charge on any atom is -0.477 e. The van der Waals surface area contributed by atoms with E-state index < -0.39 is 5.60 Å². The summed E-state index contributed by atoms with van der Waals surface area (Å²) in [4.78, 5) is 15.2. The van der Waals surface area contributed by atoms with Crippen molar-refractivity contribution in [1.29, 1.82) is 0 Å². The van der Waals surface area contributed by atoms with Gasteiger partial charge < -0.3 is 9.64 Å². The van der Waals surface area contributed by atoms with Crippen molar-refractivity contribution in [3.63, 3.8) is 0 Å². The van der Waals surface area contributed by atoms with E-state index in [0.29, 0.717) is 23.1 Å². The molecule has 2 rings (SSSR count). The van der Waals surface area contributed by atoms with Gasteiger partial charge in [0.1, 0.15) is 5.75 Å². The summed E-state index contributed by atoms with van der Waals surface area (Å²) in [6.45, 7) is 8.08. The number of hydrogen-bond donors (Lipinski definition) is 0. The Kier molecular flexibility index (Phi) is 6.34. The lowest BCUT2D eigenvalue weighted by atomic mass is 9.90. The zero-order valence-electron chi connectivity index (χ0n) is 14.5. The molecule has 1 amide bonds. The summed E-state index contributed by atoms with van der Waals surface area (Å²) in [5, 5.41) is 0.672. The van der Waals surface area contributed by atoms with Gasteiger partial charge in [-0.1, -0.05) is 38.8 Å². The predicted octanol–water partition coefficient (Wildman–Crippen LogP) is 4.93. The Bertz CT molecular complexity index is 509. The van der Waals surface area contributed by atoms with Gasteiger partial charge in [-0.05, 0) is 55.9 Å². The van der Waals surface area contributed by atoms with Crippen molar-refractivity contribution < 1.29 is 9.53 Å². The van der Waals surface area contributed by atoms with Crippen LogP contribution in [-0.4, -0.2) is 29.5 Å². The molecule has 1 unspecified atom stereocenters. The van der Waals surface area contributed by atoms with E-state index in [1.165, 1.54) is 0 Å². The number of hydrogen-bond acceptors (Lipinski definition) is 2. The summed E-state index contributed by atoms with van der Waals surface area (Å²) in [6.07, 6.45) is 4.49. The standard InChI is InChI=1S/C19H28ClNO2/c1-4-12-19(5-2,23-17-8-6-16(20)7-9-17)18(22)21-13-10-15(3)11-14-21/h6-9,15H,4-5,10-14H2,1-3H3. The van der Waals surface area contributed by atoms with E-state index in [4.69, 9.17) is 16.3 Å². The first kappa shape index (κ1) is 18.1. The fraction of sp³-hybridized carbons (Fsp3) is 0.632. The van der Waals surface area contributed by atoms with Crippen LogP contribution in [0.25, 0.3) is 0 Å². The number of likely N-dealkylation sites (tertiary alicyclic amines) is 1. The molecule has 128 valence electrons. The van der Waals surface area contributed by atoms with Crippen molar-refractivity contribution in [3.05, 3.63) is 29.3 Å². The van der Waals surface area contributed by atoms with Gasteiger partial charge in [0.15, 0.2) is 5.60 Å². The quantitative estimate of drug-likeness (QED) is 0.736. The van der Waals surface area contributed by atoms with Crippen LogP contribution in [0.3, 0.4) is 0 Å². The predicted molar refractivity (Wildman–Crippen MR) is 95.0 cm³/mol. The molecule has 0 aliphatic carbocycles. The highest BCUT2D eigenvalue weighted by molar-refractivity contribution is 6.30. The fourth-order valence-electron chi connectivity index (χ4n) is 3.23. The second-order valence-corrected chi connectivity index (χ2v) is 7.06. The largest absolute Gasteiger partial charge is 0.477 e. The minimum atomic E-state index is -0.761. The molecule has 1 aliphatic heterocycles. The first-order valence-electron chi connectivity index (χ1n) is 8.74. The monoisotopic (exact) mass is 337 g/mol. The first-order chi connectivity index (χ1) is 11.0. The van der Waals surface area contributed by atoms with Gasteiger partial charge in [-0.2, -0.15) is 0 Å². The van der Waals surface area contributed by atoms with Gasteiger partial charge in [0.05, 0.1) is 0 Å². The van der Waals surface area contributed by atoms with E-state index in [9.17, 15) is 4.79 Å². The van der Waals surface area contributed by atoms with Crippen molar-refractivity contribution >= 4 is 17.5 Å². The summed E-state index contributed by atoms with van der Waals surface area (Å²) in [7, 11) is 0. The molecule has 1 heterocycles. The molecule has 1 fully saturated rings. The SMILES string of the molecule is CCCC(CC)(Oc1ccc(Cl)cc1)C(=O)N1CCC(C)CC1. The number of piperidine rings is 1. The van der Waals surface area contributed by atoms with Crippen LogP contribution in [0.1, 0.15) is 52.9 Å². The number of halogens is 1. The summed E-state index contributed by atoms with van der Waals surface area (Å²) in [5.74, 6) is 1.56. The molecule has 1 aliphatic rings. The Hall–Kier alpha value is -1.22. The highest BCUT2D eigenvalue weighted by atomic mass is 35.5. The molecule has 3 nitrogen and oxygen atoms in total. The molecule has 0 N–H and O–H groups in total. The fourth-order valence-corrected chi connectivity index (χ4v) is 3.36. The van der Waals surface area contributed by atoms with Crippen LogP contribution in [0.15, 0.2) is 24.3 Å². The molecule has 23 heavy (non-hydrogen) atoms. The molecule has 1 aromatic rings. The Morgan fingerprint density at radius 2 is 1.87 bits per heavy atom. The third-order valence-electron chi connectivity index (χ3n) is 4.81. The first-order valence-corrected chi connectivity index (χ1v) is 9.12. The van der Waals surface area contributed by atoms with Crippen LogP contribution in [0, 0.1) is 5.92 Å². The van der Waals surface area contributed by atoms with Crippen molar-refractivity contribution in [2.45, 2.75) is 58.5 Å². The molecule has 0 saturated carbocycles. The van der Waals surface area contributed by atoms with Crippen LogP contribution in [-0.2, 0) is 4.79 Å². The van der Waals surface area contributed by atoms with E-state index in [-0.39, 0.29) is 5.91 Å². The second kappa shape index (κ2) is 8.05. The number of rotatable bonds is 6. The van der Waals surface area contributed by atoms with Gasteiger partial charge in [0.2, 0.25) is 0 Å². The van der Waals surface area contributed by atoms with Crippen molar-refractivity contribution in [2.24, 2.45) is 5.92 Å². The zero-order chi connectivity index (χ0) is 16.9. The number of carbonyl (C=O) groups is 1. The molecule has 0 bridgehead atoms. The molecule has 4 heteroatoms. The van der Waals surface area contributed by atoms with Crippen LogP contribution in [0.2, 0.25) is 5.02 Å². The van der Waals surface area contributed by atoms with Crippen LogP contribution >= 0.6 is 11.6 Å². The van der Waals surface area contributed by atoms with Crippen molar-refractivity contribution in [2.75, 3.05) is 13.1 Å². The topological polar surface area (TPSA) is 29.5 Å². The lowest BCUT2D eigenvalue weighted by molar-refractivity contribution is -0.151. The maximum absolute atomic E-state index is 13.2. The number of carbonyl (C=O) groups excluding carboxylic acids is 1. The summed E-state index contributed by atoms with van der Waals surface area (Å²) < 4.78 is 6.24. The Labute approximate surface area is 145 Å². The summed E-state index contributed by atoms with van der Waals surface area (Å²) >= 11 is 5.95. The van der Waals surface area contributed by atoms with E-state index in [0.717, 1.165) is 38.8 Å². The molecule has 1 aromatic carbocycles. The van der Waals surface area contributed by atoms with Gasteiger partial charge in [-0.3, -0.25) is 4.79 Å². The molecule has 0 aromatic heterocycles. The normalized spacial score (nSPS) is 18.5. The second-order valence-electron chi connectivity index (χ2n) is 6.63. The van der Waals surface area contributed by atoms with Crippen molar-refractivity contribution in [3.8, 4) is 5.75 Å². The lowest BCUT2D eigenvalue weighted by Gasteiger charge is -2.39. The Morgan fingerprint density at radius 1 is 1.26 bits per heavy atom.